The van der Waals surface area contributed by atoms with Crippen LogP contribution in [0.1, 0.15) is 10.5 Å². The topological polar surface area (TPSA) is 98.3 Å². The van der Waals surface area contributed by atoms with Gasteiger partial charge in [-0.3, -0.25) is 10.1 Å². The third kappa shape index (κ3) is 2.35. The molecule has 0 saturated heterocycles. The van der Waals surface area contributed by atoms with Crippen LogP contribution in [-0.2, 0) is 0 Å². The molecule has 7 nitrogen and oxygen atoms in total. The molecule has 0 unspecified atom stereocenters. The van der Waals surface area contributed by atoms with Gasteiger partial charge in [-0.25, -0.2) is 9.48 Å². The molecule has 0 aliphatic rings. The van der Waals surface area contributed by atoms with Crippen LogP contribution in [0.4, 0.5) is 5.69 Å². The number of rotatable bonds is 4. The van der Waals surface area contributed by atoms with E-state index in [1.807, 2.05) is 11.4 Å². The Kier molecular flexibility index (Phi) is 3.43. The van der Waals surface area contributed by atoms with Crippen LogP contribution in [0.5, 0.6) is 0 Å². The van der Waals surface area contributed by atoms with E-state index < -0.39 is 10.9 Å². The molecule has 3 aromatic rings. The highest BCUT2D eigenvalue weighted by Crippen LogP contribution is 2.31. The summed E-state index contributed by atoms with van der Waals surface area (Å²) in [6.07, 6.45) is 0. The molecule has 0 fully saturated rings. The molecule has 0 amide bonds. The summed E-state index contributed by atoms with van der Waals surface area (Å²) in [6.45, 7) is 0. The lowest BCUT2D eigenvalue weighted by Crippen LogP contribution is -2.04. The van der Waals surface area contributed by atoms with E-state index in [0.717, 1.165) is 4.88 Å². The first kappa shape index (κ1) is 14.0. The average Bonchev–Trinajstić information content (AvgIpc) is 3.16. The molecule has 2 heterocycles. The first-order chi connectivity index (χ1) is 10.6. The van der Waals surface area contributed by atoms with E-state index in [4.69, 9.17) is 5.11 Å². The maximum absolute atomic E-state index is 11.2. The molecule has 0 atom stereocenters. The molecule has 1 aromatic carbocycles. The molecule has 0 spiro atoms. The molecule has 22 heavy (non-hydrogen) atoms. The van der Waals surface area contributed by atoms with Crippen molar-refractivity contribution < 1.29 is 14.8 Å². The third-order valence-electron chi connectivity index (χ3n) is 3.01. The van der Waals surface area contributed by atoms with E-state index in [1.54, 1.807) is 18.2 Å². The first-order valence-electron chi connectivity index (χ1n) is 6.19. The summed E-state index contributed by atoms with van der Waals surface area (Å²) in [5, 5.41) is 26.2. The second-order valence-corrected chi connectivity index (χ2v) is 5.30. The standard InChI is InChI=1S/C14H9N3O4S/c18-14(19)9-8-12(13-6-3-7-22-13)16(15-9)10-4-1-2-5-11(10)17(20)21/h1-8H,(H,18,19). The maximum atomic E-state index is 11.2. The largest absolute Gasteiger partial charge is 0.476 e. The van der Waals surface area contributed by atoms with Gasteiger partial charge in [0.2, 0.25) is 0 Å². The number of carboxylic acids is 1. The lowest BCUT2D eigenvalue weighted by molar-refractivity contribution is -0.384. The molecule has 1 N–H and O–H groups in total. The summed E-state index contributed by atoms with van der Waals surface area (Å²) < 4.78 is 1.30. The van der Waals surface area contributed by atoms with Crippen LogP contribution < -0.4 is 0 Å². The van der Waals surface area contributed by atoms with Gasteiger partial charge in [-0.1, -0.05) is 18.2 Å². The Hall–Kier alpha value is -3.00. The number of hydrogen-bond donors (Lipinski definition) is 1. The van der Waals surface area contributed by atoms with Gasteiger partial charge < -0.3 is 5.11 Å². The van der Waals surface area contributed by atoms with Crippen molar-refractivity contribution in [2.75, 3.05) is 0 Å². The Balaban J connectivity index is 2.27. The molecule has 0 saturated carbocycles. The number of nitro benzene ring substituents is 1. The van der Waals surface area contributed by atoms with Crippen LogP contribution in [0.25, 0.3) is 16.3 Å². The van der Waals surface area contributed by atoms with Crippen LogP contribution in [0, 0.1) is 10.1 Å². The number of para-hydroxylation sites is 2. The maximum Gasteiger partial charge on any atom is 0.356 e. The van der Waals surface area contributed by atoms with Crippen molar-refractivity contribution in [3.05, 3.63) is 63.7 Å². The molecule has 0 bridgehead atoms. The van der Waals surface area contributed by atoms with Crippen molar-refractivity contribution in [1.29, 1.82) is 0 Å². The number of thiophene rings is 1. The molecule has 0 aliphatic carbocycles. The average molecular weight is 315 g/mol. The monoisotopic (exact) mass is 315 g/mol. The molecular weight excluding hydrogens is 306 g/mol. The molecule has 0 radical (unpaired) electrons. The fraction of sp³-hybridized carbons (Fsp3) is 0. The summed E-state index contributed by atoms with van der Waals surface area (Å²) in [5.41, 5.74) is 0.423. The Morgan fingerprint density at radius 3 is 2.68 bits per heavy atom. The van der Waals surface area contributed by atoms with Gasteiger partial charge in [-0.05, 0) is 17.5 Å². The minimum atomic E-state index is -1.19. The zero-order valence-electron chi connectivity index (χ0n) is 11.0. The SMILES string of the molecule is O=C(O)c1cc(-c2cccs2)n(-c2ccccc2[N+](=O)[O-])n1. The van der Waals surface area contributed by atoms with E-state index >= 15 is 0 Å². The number of aromatic nitrogens is 2. The zero-order valence-corrected chi connectivity index (χ0v) is 11.9. The Labute approximate surface area is 128 Å². The van der Waals surface area contributed by atoms with E-state index in [1.165, 1.54) is 34.2 Å². The summed E-state index contributed by atoms with van der Waals surface area (Å²) >= 11 is 1.40. The Morgan fingerprint density at radius 2 is 2.05 bits per heavy atom. The van der Waals surface area contributed by atoms with Gasteiger partial charge in [0.05, 0.1) is 15.5 Å². The molecule has 0 aliphatic heterocycles. The molecule has 3 rings (SSSR count). The quantitative estimate of drug-likeness (QED) is 0.589. The predicted octanol–water partition coefficient (Wildman–Crippen LogP) is 3.21. The van der Waals surface area contributed by atoms with Crippen molar-refractivity contribution in [3.8, 4) is 16.3 Å². The van der Waals surface area contributed by atoms with Crippen molar-refractivity contribution in [1.82, 2.24) is 9.78 Å². The van der Waals surface area contributed by atoms with Crippen LogP contribution in [0.15, 0.2) is 47.8 Å². The minimum Gasteiger partial charge on any atom is -0.476 e. The highest BCUT2D eigenvalue weighted by atomic mass is 32.1. The summed E-state index contributed by atoms with van der Waals surface area (Å²) in [6, 6.07) is 11.1. The van der Waals surface area contributed by atoms with Crippen molar-refractivity contribution in [2.24, 2.45) is 0 Å². The summed E-state index contributed by atoms with van der Waals surface area (Å²) in [5.74, 6) is -1.19. The van der Waals surface area contributed by atoms with Gasteiger partial charge in [0.25, 0.3) is 5.69 Å². The van der Waals surface area contributed by atoms with Gasteiger partial charge in [-0.15, -0.1) is 11.3 Å². The summed E-state index contributed by atoms with van der Waals surface area (Å²) in [7, 11) is 0. The first-order valence-corrected chi connectivity index (χ1v) is 7.07. The number of hydrogen-bond acceptors (Lipinski definition) is 5. The predicted molar refractivity (Wildman–Crippen MR) is 80.5 cm³/mol. The van der Waals surface area contributed by atoms with Gasteiger partial charge >= 0.3 is 5.97 Å². The van der Waals surface area contributed by atoms with Gasteiger partial charge in [0.1, 0.15) is 5.69 Å². The van der Waals surface area contributed by atoms with Crippen molar-refractivity contribution >= 4 is 23.0 Å². The Morgan fingerprint density at radius 1 is 1.27 bits per heavy atom. The number of nitrogens with zero attached hydrogens (tertiary/aromatic N) is 3. The van der Waals surface area contributed by atoms with Crippen LogP contribution in [-0.4, -0.2) is 25.8 Å². The van der Waals surface area contributed by atoms with Crippen LogP contribution in [0.2, 0.25) is 0 Å². The van der Waals surface area contributed by atoms with E-state index in [-0.39, 0.29) is 17.1 Å². The van der Waals surface area contributed by atoms with Crippen LogP contribution >= 0.6 is 11.3 Å². The normalized spacial score (nSPS) is 10.5. The van der Waals surface area contributed by atoms with Gasteiger partial charge in [0, 0.05) is 12.1 Å². The van der Waals surface area contributed by atoms with Crippen molar-refractivity contribution in [3.63, 3.8) is 0 Å². The molecule has 8 heteroatoms. The Bertz CT molecular complexity index is 855. The number of benzene rings is 1. The molecule has 2 aromatic heterocycles. The smallest absolute Gasteiger partial charge is 0.356 e. The van der Waals surface area contributed by atoms with Crippen molar-refractivity contribution in [2.45, 2.75) is 0 Å². The van der Waals surface area contributed by atoms with Crippen LogP contribution in [0.3, 0.4) is 0 Å². The fourth-order valence-corrected chi connectivity index (χ4v) is 2.79. The van der Waals surface area contributed by atoms with Gasteiger partial charge in [-0.2, -0.15) is 5.10 Å². The third-order valence-corrected chi connectivity index (χ3v) is 3.90. The highest BCUT2D eigenvalue weighted by molar-refractivity contribution is 7.13. The number of carbonyl (C=O) groups is 1. The fourth-order valence-electron chi connectivity index (χ4n) is 2.07. The van der Waals surface area contributed by atoms with E-state index in [0.29, 0.717) is 5.69 Å². The number of nitro groups is 1. The number of carboxylic acid groups (broad SMARTS) is 1. The number of aromatic carboxylic acids is 1. The zero-order chi connectivity index (χ0) is 15.7. The van der Waals surface area contributed by atoms with E-state index in [9.17, 15) is 14.9 Å². The van der Waals surface area contributed by atoms with E-state index in [2.05, 4.69) is 5.10 Å². The molecule has 110 valence electrons. The van der Waals surface area contributed by atoms with Gasteiger partial charge in [0.15, 0.2) is 5.69 Å². The highest BCUT2D eigenvalue weighted by Gasteiger charge is 2.21. The lowest BCUT2D eigenvalue weighted by Gasteiger charge is -2.06. The molecular formula is C14H9N3O4S. The second-order valence-electron chi connectivity index (χ2n) is 4.35. The lowest BCUT2D eigenvalue weighted by atomic mass is 10.2. The summed E-state index contributed by atoms with van der Waals surface area (Å²) in [4.78, 5) is 22.6. The second kappa shape index (κ2) is 5.41. The minimum absolute atomic E-state index is 0.139.